The van der Waals surface area contributed by atoms with E-state index in [1.807, 2.05) is 0 Å². The van der Waals surface area contributed by atoms with E-state index >= 15 is 0 Å². The van der Waals surface area contributed by atoms with Gasteiger partial charge in [0.1, 0.15) is 0 Å². The third-order valence-corrected chi connectivity index (χ3v) is 2.11. The zero-order valence-corrected chi connectivity index (χ0v) is 9.59. The van der Waals surface area contributed by atoms with Gasteiger partial charge in [-0.15, -0.1) is 0 Å². The van der Waals surface area contributed by atoms with Gasteiger partial charge in [-0.3, -0.25) is 0 Å². The maximum Gasteiger partial charge on any atom is 0.228 e. The Morgan fingerprint density at radius 3 is 2.67 bits per heavy atom. The van der Waals surface area contributed by atoms with Crippen LogP contribution in [-0.2, 0) is 0 Å². The summed E-state index contributed by atoms with van der Waals surface area (Å²) in [6.07, 6.45) is 4.78. The molecule has 0 radical (unpaired) electrons. The van der Waals surface area contributed by atoms with Gasteiger partial charge < -0.3 is 11.1 Å². The van der Waals surface area contributed by atoms with Crippen LogP contribution in [-0.4, -0.2) is 21.5 Å². The molecule has 5 nitrogen and oxygen atoms in total. The monoisotopic (exact) mass is 229 g/mol. The number of rotatable bonds is 6. The Hall–Kier alpha value is -1.10. The van der Waals surface area contributed by atoms with E-state index in [0.29, 0.717) is 5.95 Å². The molecule has 0 amide bonds. The first kappa shape index (κ1) is 12.0. The lowest BCUT2D eigenvalue weighted by molar-refractivity contribution is 0.683. The number of unbranched alkanes of at least 4 members (excludes halogenated alkanes) is 3. The van der Waals surface area contributed by atoms with E-state index in [0.717, 1.165) is 13.0 Å². The molecule has 0 aromatic carbocycles. The quantitative estimate of drug-likeness (QED) is 0.731. The molecular formula is C9H16ClN5. The molecule has 0 unspecified atom stereocenters. The Morgan fingerprint density at radius 2 is 2.00 bits per heavy atom. The molecule has 0 aliphatic carbocycles. The molecule has 1 rings (SSSR count). The smallest absolute Gasteiger partial charge is 0.228 e. The van der Waals surface area contributed by atoms with Crippen molar-refractivity contribution in [2.75, 3.05) is 17.6 Å². The van der Waals surface area contributed by atoms with Crippen LogP contribution in [0.4, 0.5) is 11.9 Å². The van der Waals surface area contributed by atoms with Gasteiger partial charge in [0.05, 0.1) is 0 Å². The summed E-state index contributed by atoms with van der Waals surface area (Å²) in [5, 5.41) is 3.18. The summed E-state index contributed by atoms with van der Waals surface area (Å²) in [6.45, 7) is 3.01. The minimum atomic E-state index is 0.124. The standard InChI is InChI=1S/C9H16ClN5/c1-2-3-4-5-6-12-9-14-7(10)13-8(11)15-9/h2-6H2,1H3,(H3,11,12,13,14,15). The van der Waals surface area contributed by atoms with Crippen molar-refractivity contribution < 1.29 is 0 Å². The van der Waals surface area contributed by atoms with Crippen molar-refractivity contribution in [1.29, 1.82) is 0 Å². The zero-order chi connectivity index (χ0) is 11.1. The molecule has 0 atom stereocenters. The fraction of sp³-hybridized carbons (Fsp3) is 0.667. The minimum absolute atomic E-state index is 0.124. The number of aromatic nitrogens is 3. The third-order valence-electron chi connectivity index (χ3n) is 1.94. The minimum Gasteiger partial charge on any atom is -0.368 e. The van der Waals surface area contributed by atoms with Crippen LogP contribution in [0.15, 0.2) is 0 Å². The van der Waals surface area contributed by atoms with Crippen LogP contribution in [0.2, 0.25) is 5.28 Å². The van der Waals surface area contributed by atoms with Crippen molar-refractivity contribution in [1.82, 2.24) is 15.0 Å². The number of nitrogens with two attached hydrogens (primary N) is 1. The van der Waals surface area contributed by atoms with Crippen molar-refractivity contribution in [3.05, 3.63) is 5.28 Å². The number of anilines is 2. The summed E-state index contributed by atoms with van der Waals surface area (Å²) in [6, 6.07) is 0. The average Bonchev–Trinajstić information content (AvgIpc) is 2.16. The van der Waals surface area contributed by atoms with E-state index in [1.165, 1.54) is 19.3 Å². The van der Waals surface area contributed by atoms with Crippen LogP contribution in [0.3, 0.4) is 0 Å². The highest BCUT2D eigenvalue weighted by atomic mass is 35.5. The first-order chi connectivity index (χ1) is 7.22. The van der Waals surface area contributed by atoms with E-state index < -0.39 is 0 Å². The average molecular weight is 230 g/mol. The Labute approximate surface area is 94.5 Å². The van der Waals surface area contributed by atoms with E-state index in [9.17, 15) is 0 Å². The SMILES string of the molecule is CCCCCCNc1nc(N)nc(Cl)n1. The summed E-state index contributed by atoms with van der Waals surface area (Å²) in [5.74, 6) is 0.593. The van der Waals surface area contributed by atoms with Gasteiger partial charge in [-0.2, -0.15) is 15.0 Å². The lowest BCUT2D eigenvalue weighted by Gasteiger charge is -2.04. The van der Waals surface area contributed by atoms with Crippen LogP contribution in [0.1, 0.15) is 32.6 Å². The van der Waals surface area contributed by atoms with Gasteiger partial charge in [0, 0.05) is 6.54 Å². The zero-order valence-electron chi connectivity index (χ0n) is 8.83. The molecule has 1 aromatic rings. The molecule has 0 fully saturated rings. The van der Waals surface area contributed by atoms with Crippen molar-refractivity contribution in [3.8, 4) is 0 Å². The normalized spacial score (nSPS) is 10.3. The summed E-state index contributed by atoms with van der Waals surface area (Å²) < 4.78 is 0. The van der Waals surface area contributed by atoms with Gasteiger partial charge in [0.15, 0.2) is 0 Å². The Bertz CT molecular complexity index is 284. The van der Waals surface area contributed by atoms with Crippen LogP contribution in [0, 0.1) is 0 Å². The molecule has 1 heterocycles. The van der Waals surface area contributed by atoms with E-state index in [-0.39, 0.29) is 11.2 Å². The van der Waals surface area contributed by atoms with Gasteiger partial charge in [0.2, 0.25) is 17.2 Å². The fourth-order valence-electron chi connectivity index (χ4n) is 1.20. The summed E-state index contributed by atoms with van der Waals surface area (Å²) in [7, 11) is 0. The molecule has 1 aromatic heterocycles. The van der Waals surface area contributed by atoms with Crippen molar-refractivity contribution in [2.45, 2.75) is 32.6 Å². The lowest BCUT2D eigenvalue weighted by atomic mass is 10.2. The van der Waals surface area contributed by atoms with Gasteiger partial charge >= 0.3 is 0 Å². The lowest BCUT2D eigenvalue weighted by Crippen LogP contribution is -2.08. The van der Waals surface area contributed by atoms with E-state index in [1.54, 1.807) is 0 Å². The number of nitrogens with one attached hydrogen (secondary N) is 1. The Morgan fingerprint density at radius 1 is 1.20 bits per heavy atom. The molecule has 0 spiro atoms. The largest absolute Gasteiger partial charge is 0.368 e. The molecular weight excluding hydrogens is 214 g/mol. The van der Waals surface area contributed by atoms with Crippen LogP contribution in [0.5, 0.6) is 0 Å². The van der Waals surface area contributed by atoms with Crippen LogP contribution >= 0.6 is 11.6 Å². The number of hydrogen-bond acceptors (Lipinski definition) is 5. The number of hydrogen-bond donors (Lipinski definition) is 2. The van der Waals surface area contributed by atoms with Crippen LogP contribution in [0.25, 0.3) is 0 Å². The second kappa shape index (κ2) is 6.40. The summed E-state index contributed by atoms with van der Waals surface area (Å²) in [4.78, 5) is 11.5. The maximum atomic E-state index is 5.63. The maximum absolute atomic E-state index is 5.63. The molecule has 6 heteroatoms. The number of nitrogen functional groups attached to an aromatic ring is 1. The van der Waals surface area contributed by atoms with Gasteiger partial charge in [-0.25, -0.2) is 0 Å². The van der Waals surface area contributed by atoms with E-state index in [4.69, 9.17) is 17.3 Å². The highest BCUT2D eigenvalue weighted by Crippen LogP contribution is 2.07. The Balaban J connectivity index is 2.31. The first-order valence-corrected chi connectivity index (χ1v) is 5.51. The van der Waals surface area contributed by atoms with Gasteiger partial charge in [-0.1, -0.05) is 26.2 Å². The predicted molar refractivity (Wildman–Crippen MR) is 61.9 cm³/mol. The van der Waals surface area contributed by atoms with Crippen LogP contribution < -0.4 is 11.1 Å². The fourth-order valence-corrected chi connectivity index (χ4v) is 1.36. The third kappa shape index (κ3) is 4.78. The van der Waals surface area contributed by atoms with Crippen molar-refractivity contribution >= 4 is 23.5 Å². The second-order valence-corrected chi connectivity index (χ2v) is 3.61. The van der Waals surface area contributed by atoms with Crippen molar-refractivity contribution in [3.63, 3.8) is 0 Å². The second-order valence-electron chi connectivity index (χ2n) is 3.27. The number of halogens is 1. The van der Waals surface area contributed by atoms with Crippen molar-refractivity contribution in [2.24, 2.45) is 0 Å². The topological polar surface area (TPSA) is 76.7 Å². The molecule has 0 saturated heterocycles. The first-order valence-electron chi connectivity index (χ1n) is 5.13. The number of nitrogens with zero attached hydrogens (tertiary/aromatic N) is 3. The highest BCUT2D eigenvalue weighted by molar-refractivity contribution is 6.28. The highest BCUT2D eigenvalue weighted by Gasteiger charge is 2.00. The van der Waals surface area contributed by atoms with E-state index in [2.05, 4.69) is 27.2 Å². The molecule has 84 valence electrons. The predicted octanol–water partition coefficient (Wildman–Crippen LogP) is 2.10. The molecule has 3 N–H and O–H groups in total. The van der Waals surface area contributed by atoms with Gasteiger partial charge in [-0.05, 0) is 18.0 Å². The molecule has 0 saturated carbocycles. The summed E-state index contributed by atoms with van der Waals surface area (Å²) >= 11 is 5.63. The molecule has 15 heavy (non-hydrogen) atoms. The molecule has 0 aliphatic rings. The summed E-state index contributed by atoms with van der Waals surface area (Å²) in [5.41, 5.74) is 5.42. The Kier molecular flexibility index (Phi) is 5.10. The molecule has 0 bridgehead atoms. The van der Waals surface area contributed by atoms with Gasteiger partial charge in [0.25, 0.3) is 0 Å². The molecule has 0 aliphatic heterocycles.